The number of carbonyl (C=O) groups is 1. The first-order valence-electron chi connectivity index (χ1n) is 8.90. The van der Waals surface area contributed by atoms with Gasteiger partial charge in [-0.15, -0.1) is 0 Å². The van der Waals surface area contributed by atoms with Gasteiger partial charge in [0, 0.05) is 11.1 Å². The van der Waals surface area contributed by atoms with Crippen LogP contribution in [0.25, 0.3) is 33.5 Å². The number of methoxy groups -OCH3 is 2. The van der Waals surface area contributed by atoms with E-state index in [1.807, 2.05) is 42.5 Å². The Morgan fingerprint density at radius 1 is 0.931 bits per heavy atom. The van der Waals surface area contributed by atoms with Gasteiger partial charge in [0.2, 0.25) is 0 Å². The van der Waals surface area contributed by atoms with Crippen LogP contribution in [-0.4, -0.2) is 35.3 Å². The Morgan fingerprint density at radius 3 is 2.45 bits per heavy atom. The number of aromatic amines is 1. The summed E-state index contributed by atoms with van der Waals surface area (Å²) in [5.74, 6) is 1.45. The summed E-state index contributed by atoms with van der Waals surface area (Å²) in [5.41, 5.74) is 6.31. The molecule has 1 heterocycles. The second-order valence-electron chi connectivity index (χ2n) is 6.41. The zero-order valence-electron chi connectivity index (χ0n) is 15.9. The van der Waals surface area contributed by atoms with E-state index in [0.29, 0.717) is 28.4 Å². The number of ether oxygens (including phenoxy) is 2. The van der Waals surface area contributed by atoms with Gasteiger partial charge in [-0.3, -0.25) is 10.0 Å². The highest BCUT2D eigenvalue weighted by molar-refractivity contribution is 5.97. The van der Waals surface area contributed by atoms with E-state index in [2.05, 4.69) is 9.97 Å². The molecular formula is C22H19N3O4. The number of nitrogens with zero attached hydrogens (tertiary/aromatic N) is 1. The van der Waals surface area contributed by atoms with Crippen molar-refractivity contribution in [1.82, 2.24) is 15.4 Å². The van der Waals surface area contributed by atoms with Gasteiger partial charge in [0.1, 0.15) is 5.82 Å². The van der Waals surface area contributed by atoms with Crippen molar-refractivity contribution in [3.63, 3.8) is 0 Å². The Morgan fingerprint density at radius 2 is 1.69 bits per heavy atom. The second-order valence-corrected chi connectivity index (χ2v) is 6.41. The highest BCUT2D eigenvalue weighted by atomic mass is 16.5. The van der Waals surface area contributed by atoms with Crippen LogP contribution in [0.1, 0.15) is 10.4 Å². The normalized spacial score (nSPS) is 10.7. The Bertz CT molecular complexity index is 1200. The summed E-state index contributed by atoms with van der Waals surface area (Å²) < 4.78 is 10.7. The van der Waals surface area contributed by atoms with Crippen LogP contribution in [0.15, 0.2) is 60.7 Å². The fourth-order valence-electron chi connectivity index (χ4n) is 3.21. The number of amides is 1. The zero-order valence-corrected chi connectivity index (χ0v) is 15.9. The standard InChI is InChI=1S/C22H19N3O4/c1-28-19-9-7-14(12-20(19)29-2)13-4-3-5-15(10-13)21-23-17-8-6-16(22(26)25-27)11-18(17)24-21/h3-12,27H,1-2H3,(H,23,24)(H,25,26). The molecule has 0 unspecified atom stereocenters. The quantitative estimate of drug-likeness (QED) is 0.354. The van der Waals surface area contributed by atoms with Gasteiger partial charge in [-0.25, -0.2) is 10.5 Å². The van der Waals surface area contributed by atoms with E-state index in [4.69, 9.17) is 14.7 Å². The Kier molecular flexibility index (Phi) is 4.88. The van der Waals surface area contributed by atoms with Crippen molar-refractivity contribution in [2.75, 3.05) is 14.2 Å². The first kappa shape index (κ1) is 18.5. The van der Waals surface area contributed by atoms with Gasteiger partial charge < -0.3 is 14.5 Å². The third-order valence-electron chi connectivity index (χ3n) is 4.70. The van der Waals surface area contributed by atoms with Crippen molar-refractivity contribution in [2.24, 2.45) is 0 Å². The molecule has 0 bridgehead atoms. The molecule has 1 aromatic heterocycles. The number of fused-ring (bicyclic) bond motifs is 1. The molecule has 0 spiro atoms. The topological polar surface area (TPSA) is 96.5 Å². The van der Waals surface area contributed by atoms with Gasteiger partial charge in [0.15, 0.2) is 11.5 Å². The molecule has 0 saturated carbocycles. The van der Waals surface area contributed by atoms with Gasteiger partial charge in [0.05, 0.1) is 25.3 Å². The van der Waals surface area contributed by atoms with Crippen LogP contribution in [-0.2, 0) is 0 Å². The van der Waals surface area contributed by atoms with Gasteiger partial charge in [-0.2, -0.15) is 0 Å². The van der Waals surface area contributed by atoms with Crippen molar-refractivity contribution in [2.45, 2.75) is 0 Å². The van der Waals surface area contributed by atoms with Gasteiger partial charge in [-0.1, -0.05) is 24.3 Å². The van der Waals surface area contributed by atoms with Crippen LogP contribution in [0.2, 0.25) is 0 Å². The largest absolute Gasteiger partial charge is 0.493 e. The first-order chi connectivity index (χ1) is 14.1. The lowest BCUT2D eigenvalue weighted by Gasteiger charge is -2.10. The monoisotopic (exact) mass is 389 g/mol. The predicted octanol–water partition coefficient (Wildman–Crippen LogP) is 4.03. The Labute approximate surface area is 166 Å². The Balaban J connectivity index is 1.73. The number of rotatable bonds is 5. The number of carbonyl (C=O) groups excluding carboxylic acids is 1. The summed E-state index contributed by atoms with van der Waals surface area (Å²) >= 11 is 0. The molecule has 7 nitrogen and oxygen atoms in total. The molecule has 29 heavy (non-hydrogen) atoms. The summed E-state index contributed by atoms with van der Waals surface area (Å²) in [4.78, 5) is 19.5. The van der Waals surface area contributed by atoms with E-state index in [-0.39, 0.29) is 0 Å². The SMILES string of the molecule is COc1ccc(-c2cccc(-c3nc4ccc(C(=O)NO)cc4[nH]3)c2)cc1OC. The van der Waals surface area contributed by atoms with Gasteiger partial charge in [0.25, 0.3) is 5.91 Å². The molecule has 0 aliphatic rings. The Hall–Kier alpha value is -3.84. The fraction of sp³-hybridized carbons (Fsp3) is 0.0909. The summed E-state index contributed by atoms with van der Waals surface area (Å²) in [6.07, 6.45) is 0. The molecule has 1 amide bonds. The van der Waals surface area contributed by atoms with Gasteiger partial charge in [-0.05, 0) is 47.5 Å². The molecule has 146 valence electrons. The summed E-state index contributed by atoms with van der Waals surface area (Å²) in [6, 6.07) is 18.7. The summed E-state index contributed by atoms with van der Waals surface area (Å²) in [5, 5.41) is 8.81. The van der Waals surface area contributed by atoms with E-state index in [0.717, 1.165) is 22.2 Å². The molecule has 0 atom stereocenters. The van der Waals surface area contributed by atoms with Gasteiger partial charge >= 0.3 is 0 Å². The maximum Gasteiger partial charge on any atom is 0.274 e. The van der Waals surface area contributed by atoms with Crippen LogP contribution >= 0.6 is 0 Å². The number of benzene rings is 3. The van der Waals surface area contributed by atoms with E-state index >= 15 is 0 Å². The molecule has 0 aliphatic heterocycles. The summed E-state index contributed by atoms with van der Waals surface area (Å²) in [6.45, 7) is 0. The predicted molar refractivity (Wildman–Crippen MR) is 109 cm³/mol. The maximum atomic E-state index is 11.6. The number of hydrogen-bond donors (Lipinski definition) is 3. The third kappa shape index (κ3) is 3.51. The van der Waals surface area contributed by atoms with E-state index in [1.54, 1.807) is 37.9 Å². The second kappa shape index (κ2) is 7.65. The smallest absolute Gasteiger partial charge is 0.274 e. The molecule has 0 aliphatic carbocycles. The van der Waals surface area contributed by atoms with Crippen molar-refractivity contribution >= 4 is 16.9 Å². The van der Waals surface area contributed by atoms with Crippen molar-refractivity contribution in [3.8, 4) is 34.0 Å². The van der Waals surface area contributed by atoms with E-state index < -0.39 is 5.91 Å². The average molecular weight is 389 g/mol. The number of nitrogens with one attached hydrogen (secondary N) is 2. The molecular weight excluding hydrogens is 370 g/mol. The summed E-state index contributed by atoms with van der Waals surface area (Å²) in [7, 11) is 3.22. The number of hydroxylamine groups is 1. The lowest BCUT2D eigenvalue weighted by atomic mass is 10.0. The van der Waals surface area contributed by atoms with Crippen molar-refractivity contribution in [3.05, 3.63) is 66.2 Å². The molecule has 0 fully saturated rings. The van der Waals surface area contributed by atoms with Crippen molar-refractivity contribution in [1.29, 1.82) is 0 Å². The lowest BCUT2D eigenvalue weighted by Crippen LogP contribution is -2.18. The highest BCUT2D eigenvalue weighted by Crippen LogP contribution is 2.33. The van der Waals surface area contributed by atoms with E-state index in [9.17, 15) is 4.79 Å². The van der Waals surface area contributed by atoms with Crippen LogP contribution in [0, 0.1) is 0 Å². The minimum Gasteiger partial charge on any atom is -0.493 e. The molecule has 0 saturated heterocycles. The number of imidazole rings is 1. The number of hydrogen-bond acceptors (Lipinski definition) is 5. The minimum absolute atomic E-state index is 0.342. The van der Waals surface area contributed by atoms with Crippen molar-refractivity contribution < 1.29 is 19.5 Å². The average Bonchev–Trinajstić information content (AvgIpc) is 3.21. The lowest BCUT2D eigenvalue weighted by molar-refractivity contribution is 0.0706. The molecule has 4 rings (SSSR count). The first-order valence-corrected chi connectivity index (χ1v) is 8.90. The number of aromatic nitrogens is 2. The van der Waals surface area contributed by atoms with Crippen LogP contribution in [0.5, 0.6) is 11.5 Å². The molecule has 4 aromatic rings. The fourth-order valence-corrected chi connectivity index (χ4v) is 3.21. The highest BCUT2D eigenvalue weighted by Gasteiger charge is 2.11. The maximum absolute atomic E-state index is 11.6. The van der Waals surface area contributed by atoms with Crippen LogP contribution in [0.4, 0.5) is 0 Å². The zero-order chi connectivity index (χ0) is 20.4. The van der Waals surface area contributed by atoms with E-state index in [1.165, 1.54) is 0 Å². The van der Waals surface area contributed by atoms with Crippen LogP contribution in [0.3, 0.4) is 0 Å². The number of H-pyrrole nitrogens is 1. The van der Waals surface area contributed by atoms with Crippen LogP contribution < -0.4 is 15.0 Å². The minimum atomic E-state index is -0.571. The molecule has 3 aromatic carbocycles. The molecule has 0 radical (unpaired) electrons. The molecule has 3 N–H and O–H groups in total. The third-order valence-corrected chi connectivity index (χ3v) is 4.70. The molecule has 7 heteroatoms.